The third-order valence-corrected chi connectivity index (χ3v) is 4.66. The van der Waals surface area contributed by atoms with E-state index in [1.165, 1.54) is 0 Å². The lowest BCUT2D eigenvalue weighted by Gasteiger charge is -2.19. The summed E-state index contributed by atoms with van der Waals surface area (Å²) < 4.78 is 5.26. The molecule has 1 saturated heterocycles. The molecule has 2 aromatic rings. The van der Waals surface area contributed by atoms with Crippen LogP contribution in [0.2, 0.25) is 0 Å². The van der Waals surface area contributed by atoms with Gasteiger partial charge in [0.15, 0.2) is 11.9 Å². The second-order valence-electron chi connectivity index (χ2n) is 6.61. The summed E-state index contributed by atoms with van der Waals surface area (Å²) in [7, 11) is 0. The molecular weight excluding hydrogens is 352 g/mol. The Kier molecular flexibility index (Phi) is 4.69. The van der Waals surface area contributed by atoms with E-state index in [-0.39, 0.29) is 11.4 Å². The third kappa shape index (κ3) is 3.40. The minimum absolute atomic E-state index is 0.183. The van der Waals surface area contributed by atoms with Gasteiger partial charge in [-0.25, -0.2) is 9.78 Å². The number of aromatic nitrogens is 2. The highest BCUT2D eigenvalue weighted by Crippen LogP contribution is 2.21. The highest BCUT2D eigenvalue weighted by molar-refractivity contribution is 6.08. The molecule has 0 bridgehead atoms. The number of benzene rings is 1. The van der Waals surface area contributed by atoms with Crippen molar-refractivity contribution in [2.75, 3.05) is 6.54 Å². The van der Waals surface area contributed by atoms with E-state index in [2.05, 4.69) is 15.3 Å². The quantitative estimate of drug-likeness (QED) is 0.602. The lowest BCUT2D eigenvalue weighted by molar-refractivity contribution is -0.152. The fourth-order valence-electron chi connectivity index (χ4n) is 2.85. The summed E-state index contributed by atoms with van der Waals surface area (Å²) in [5, 5.41) is 3.00. The van der Waals surface area contributed by atoms with Gasteiger partial charge in [0.1, 0.15) is 12.1 Å². The summed E-state index contributed by atoms with van der Waals surface area (Å²) in [6.07, 6.45) is -0.449. The van der Waals surface area contributed by atoms with Gasteiger partial charge in [-0.05, 0) is 32.4 Å². The minimum Gasteiger partial charge on any atom is -0.453 e. The van der Waals surface area contributed by atoms with Gasteiger partial charge in [0.05, 0.1) is 10.9 Å². The van der Waals surface area contributed by atoms with Crippen molar-refractivity contribution in [1.82, 2.24) is 20.2 Å². The number of urea groups is 1. The van der Waals surface area contributed by atoms with Crippen molar-refractivity contribution in [3.8, 4) is 0 Å². The van der Waals surface area contributed by atoms with Crippen LogP contribution in [0.15, 0.2) is 29.1 Å². The SMILES string of the molecule is CC[C@]1(C)NC(=O)N(CC(=O)O[C@H](C)c2nc3ccccc3c(=O)[nH]2)C1=O. The summed E-state index contributed by atoms with van der Waals surface area (Å²) in [4.78, 5) is 56.3. The van der Waals surface area contributed by atoms with Crippen molar-refractivity contribution in [2.24, 2.45) is 0 Å². The van der Waals surface area contributed by atoms with Crippen molar-refractivity contribution in [1.29, 1.82) is 0 Å². The smallest absolute Gasteiger partial charge is 0.326 e. The summed E-state index contributed by atoms with van der Waals surface area (Å²) in [6, 6.07) is 6.17. The number of nitrogens with one attached hydrogen (secondary N) is 2. The Labute approximate surface area is 154 Å². The molecule has 9 heteroatoms. The monoisotopic (exact) mass is 372 g/mol. The zero-order valence-electron chi connectivity index (χ0n) is 15.2. The number of aromatic amines is 1. The Morgan fingerprint density at radius 3 is 2.67 bits per heavy atom. The number of hydrogen-bond acceptors (Lipinski definition) is 6. The number of esters is 1. The first kappa shape index (κ1) is 18.6. The molecular formula is C18H20N4O5. The van der Waals surface area contributed by atoms with E-state index < -0.39 is 36.1 Å². The number of rotatable bonds is 5. The second kappa shape index (κ2) is 6.82. The first-order valence-corrected chi connectivity index (χ1v) is 8.57. The molecule has 0 saturated carbocycles. The fourth-order valence-corrected chi connectivity index (χ4v) is 2.85. The first-order chi connectivity index (χ1) is 12.7. The van der Waals surface area contributed by atoms with E-state index in [1.54, 1.807) is 45.0 Å². The van der Waals surface area contributed by atoms with Gasteiger partial charge in [0.25, 0.3) is 11.5 Å². The molecule has 1 fully saturated rings. The van der Waals surface area contributed by atoms with E-state index in [0.717, 1.165) is 4.90 Å². The largest absolute Gasteiger partial charge is 0.453 e. The molecule has 0 spiro atoms. The topological polar surface area (TPSA) is 121 Å². The molecule has 1 aromatic heterocycles. The van der Waals surface area contributed by atoms with Gasteiger partial charge in [-0.1, -0.05) is 19.1 Å². The number of imide groups is 1. The second-order valence-corrected chi connectivity index (χ2v) is 6.61. The maximum Gasteiger partial charge on any atom is 0.326 e. The van der Waals surface area contributed by atoms with Crippen LogP contribution >= 0.6 is 0 Å². The molecule has 9 nitrogen and oxygen atoms in total. The molecule has 0 aliphatic carbocycles. The van der Waals surface area contributed by atoms with Crippen LogP contribution in [-0.2, 0) is 14.3 Å². The molecule has 0 unspecified atom stereocenters. The summed E-state index contributed by atoms with van der Waals surface area (Å²) >= 11 is 0. The van der Waals surface area contributed by atoms with Crippen molar-refractivity contribution >= 4 is 28.8 Å². The van der Waals surface area contributed by atoms with E-state index in [1.807, 2.05) is 0 Å². The Balaban J connectivity index is 1.72. The molecule has 1 aliphatic rings. The normalized spacial score (nSPS) is 20.6. The van der Waals surface area contributed by atoms with Crippen LogP contribution in [-0.4, -0.2) is 44.9 Å². The van der Waals surface area contributed by atoms with Gasteiger partial charge < -0.3 is 15.0 Å². The van der Waals surface area contributed by atoms with Gasteiger partial charge in [0.2, 0.25) is 0 Å². The summed E-state index contributed by atoms with van der Waals surface area (Å²) in [5.74, 6) is -1.07. The van der Waals surface area contributed by atoms with Crippen LogP contribution in [0, 0.1) is 0 Å². The fraction of sp³-hybridized carbons (Fsp3) is 0.389. The average molecular weight is 372 g/mol. The number of fused-ring (bicyclic) bond motifs is 1. The zero-order chi connectivity index (χ0) is 19.8. The van der Waals surface area contributed by atoms with Crippen LogP contribution in [0.4, 0.5) is 4.79 Å². The van der Waals surface area contributed by atoms with Crippen molar-refractivity contribution in [2.45, 2.75) is 38.8 Å². The highest BCUT2D eigenvalue weighted by atomic mass is 16.5. The van der Waals surface area contributed by atoms with Crippen LogP contribution < -0.4 is 10.9 Å². The lowest BCUT2D eigenvalue weighted by atomic mass is 9.99. The maximum absolute atomic E-state index is 12.3. The molecule has 2 atom stereocenters. The summed E-state index contributed by atoms with van der Waals surface area (Å²) in [6.45, 7) is 4.41. The number of H-pyrrole nitrogens is 1. The molecule has 0 radical (unpaired) electrons. The zero-order valence-corrected chi connectivity index (χ0v) is 15.2. The van der Waals surface area contributed by atoms with E-state index in [0.29, 0.717) is 17.3 Å². The molecule has 27 heavy (non-hydrogen) atoms. The Hall–Kier alpha value is -3.23. The van der Waals surface area contributed by atoms with Gasteiger partial charge in [-0.15, -0.1) is 0 Å². The molecule has 3 rings (SSSR count). The third-order valence-electron chi connectivity index (χ3n) is 4.66. The number of amides is 3. The van der Waals surface area contributed by atoms with Crippen LogP contribution in [0.1, 0.15) is 39.1 Å². The highest BCUT2D eigenvalue weighted by Gasteiger charge is 2.47. The predicted molar refractivity (Wildman–Crippen MR) is 95.8 cm³/mol. The number of ether oxygens (including phenoxy) is 1. The lowest BCUT2D eigenvalue weighted by Crippen LogP contribution is -2.43. The molecule has 2 N–H and O–H groups in total. The van der Waals surface area contributed by atoms with Gasteiger partial charge in [0, 0.05) is 0 Å². The standard InChI is InChI=1S/C18H20N4O5/c1-4-18(3)16(25)22(17(26)21-18)9-13(23)27-10(2)14-19-12-8-6-5-7-11(12)15(24)20-14/h5-8,10H,4,9H2,1-3H3,(H,21,26)(H,19,20,24)/t10-,18+/m1/s1. The molecule has 1 aromatic carbocycles. The van der Waals surface area contributed by atoms with E-state index in [4.69, 9.17) is 4.74 Å². The van der Waals surface area contributed by atoms with Crippen LogP contribution in [0.5, 0.6) is 0 Å². The maximum atomic E-state index is 12.3. The number of carbonyl (C=O) groups excluding carboxylic acids is 3. The molecule has 3 amide bonds. The Morgan fingerprint density at radius 1 is 1.30 bits per heavy atom. The number of para-hydroxylation sites is 1. The number of nitrogens with zero attached hydrogens (tertiary/aromatic N) is 2. The molecule has 2 heterocycles. The first-order valence-electron chi connectivity index (χ1n) is 8.57. The van der Waals surface area contributed by atoms with Crippen molar-refractivity contribution < 1.29 is 19.1 Å². The summed E-state index contributed by atoms with van der Waals surface area (Å²) in [5.41, 5.74) is -0.882. The molecule has 142 valence electrons. The molecule has 1 aliphatic heterocycles. The average Bonchev–Trinajstić information content (AvgIpc) is 2.85. The van der Waals surface area contributed by atoms with E-state index >= 15 is 0 Å². The van der Waals surface area contributed by atoms with Gasteiger partial charge in [-0.3, -0.25) is 19.3 Å². The minimum atomic E-state index is -1.02. The number of carbonyl (C=O) groups is 3. The van der Waals surface area contributed by atoms with Gasteiger partial charge in [-0.2, -0.15) is 0 Å². The van der Waals surface area contributed by atoms with Crippen molar-refractivity contribution in [3.63, 3.8) is 0 Å². The van der Waals surface area contributed by atoms with Crippen molar-refractivity contribution in [3.05, 3.63) is 40.4 Å². The van der Waals surface area contributed by atoms with Crippen LogP contribution in [0.25, 0.3) is 10.9 Å². The Bertz CT molecular complexity index is 985. The predicted octanol–water partition coefficient (Wildman–Crippen LogP) is 1.25. The van der Waals surface area contributed by atoms with Gasteiger partial charge >= 0.3 is 12.0 Å². The van der Waals surface area contributed by atoms with E-state index in [9.17, 15) is 19.2 Å². The van der Waals surface area contributed by atoms with Crippen LogP contribution in [0.3, 0.4) is 0 Å². The number of hydrogen-bond donors (Lipinski definition) is 2. The Morgan fingerprint density at radius 2 is 2.00 bits per heavy atom.